The molecule has 1 nitrogen and oxygen atoms in total. The Balaban J connectivity index is 2.85. The second-order valence-electron chi connectivity index (χ2n) is 5.19. The molecule has 108 valence electrons. The summed E-state index contributed by atoms with van der Waals surface area (Å²) in [6.07, 6.45) is 3.46. The average Bonchev–Trinajstić information content (AvgIpc) is 2.35. The highest BCUT2D eigenvalue weighted by atomic mass is 79.9. The lowest BCUT2D eigenvalue weighted by Crippen LogP contribution is -2.36. The van der Waals surface area contributed by atoms with Crippen LogP contribution in [-0.4, -0.2) is 12.1 Å². The normalized spacial score (nSPS) is 13.0. The molecule has 0 saturated heterocycles. The molecule has 19 heavy (non-hydrogen) atoms. The van der Waals surface area contributed by atoms with Gasteiger partial charge in [-0.1, -0.05) is 33.6 Å². The summed E-state index contributed by atoms with van der Waals surface area (Å²) < 4.78 is 28.1. The van der Waals surface area contributed by atoms with Crippen LogP contribution in [-0.2, 0) is 6.42 Å². The third-order valence-corrected chi connectivity index (χ3v) is 3.68. The Labute approximate surface area is 122 Å². The van der Waals surface area contributed by atoms with Crippen molar-refractivity contribution in [2.75, 3.05) is 0 Å². The topological polar surface area (TPSA) is 12.0 Å². The van der Waals surface area contributed by atoms with Gasteiger partial charge in [0.15, 0.2) is 0 Å². The van der Waals surface area contributed by atoms with Crippen molar-refractivity contribution < 1.29 is 8.78 Å². The number of nitrogens with one attached hydrogen (secondary N) is 1. The van der Waals surface area contributed by atoms with Crippen LogP contribution in [0.4, 0.5) is 8.78 Å². The highest BCUT2D eigenvalue weighted by molar-refractivity contribution is 9.10. The Morgan fingerprint density at radius 2 is 1.95 bits per heavy atom. The zero-order valence-electron chi connectivity index (χ0n) is 11.8. The van der Waals surface area contributed by atoms with Crippen LogP contribution in [0.15, 0.2) is 16.6 Å². The van der Waals surface area contributed by atoms with Crippen molar-refractivity contribution in [3.05, 3.63) is 33.8 Å². The molecule has 1 unspecified atom stereocenters. The van der Waals surface area contributed by atoms with E-state index in [-0.39, 0.29) is 11.6 Å². The van der Waals surface area contributed by atoms with Gasteiger partial charge in [-0.05, 0) is 40.9 Å². The van der Waals surface area contributed by atoms with Crippen LogP contribution >= 0.6 is 15.9 Å². The van der Waals surface area contributed by atoms with E-state index in [4.69, 9.17) is 0 Å². The zero-order valence-corrected chi connectivity index (χ0v) is 13.4. The van der Waals surface area contributed by atoms with Crippen molar-refractivity contribution in [1.29, 1.82) is 0 Å². The third kappa shape index (κ3) is 5.19. The van der Waals surface area contributed by atoms with E-state index in [1.165, 1.54) is 12.1 Å². The smallest absolute Gasteiger partial charge is 0.143 e. The highest BCUT2D eigenvalue weighted by Gasteiger charge is 2.18. The van der Waals surface area contributed by atoms with Gasteiger partial charge in [0, 0.05) is 17.6 Å². The van der Waals surface area contributed by atoms with E-state index in [9.17, 15) is 8.78 Å². The second-order valence-corrected chi connectivity index (χ2v) is 6.04. The van der Waals surface area contributed by atoms with Gasteiger partial charge in [-0.15, -0.1) is 0 Å². The van der Waals surface area contributed by atoms with Crippen LogP contribution in [0.3, 0.4) is 0 Å². The highest BCUT2D eigenvalue weighted by Crippen LogP contribution is 2.23. The monoisotopic (exact) mass is 333 g/mol. The van der Waals surface area contributed by atoms with Gasteiger partial charge in [0.25, 0.3) is 0 Å². The molecule has 4 heteroatoms. The van der Waals surface area contributed by atoms with Gasteiger partial charge >= 0.3 is 0 Å². The van der Waals surface area contributed by atoms with Crippen molar-refractivity contribution >= 4 is 15.9 Å². The van der Waals surface area contributed by atoms with E-state index in [0.717, 1.165) is 19.3 Å². The van der Waals surface area contributed by atoms with Gasteiger partial charge < -0.3 is 5.32 Å². The summed E-state index contributed by atoms with van der Waals surface area (Å²) in [6.45, 7) is 6.21. The van der Waals surface area contributed by atoms with Crippen LogP contribution in [0, 0.1) is 11.6 Å². The van der Waals surface area contributed by atoms with Crippen LogP contribution in [0.2, 0.25) is 0 Å². The van der Waals surface area contributed by atoms with Crippen molar-refractivity contribution in [1.82, 2.24) is 5.32 Å². The van der Waals surface area contributed by atoms with E-state index in [1.54, 1.807) is 0 Å². The molecule has 0 aromatic heterocycles. The molecule has 1 N–H and O–H groups in total. The molecular formula is C15H22BrF2N. The summed E-state index contributed by atoms with van der Waals surface area (Å²) in [5, 5.41) is 3.39. The quantitative estimate of drug-likeness (QED) is 0.705. The van der Waals surface area contributed by atoms with E-state index in [1.807, 2.05) is 13.8 Å². The summed E-state index contributed by atoms with van der Waals surface area (Å²) in [5.41, 5.74) is 0.170. The predicted octanol–water partition coefficient (Wildman–Crippen LogP) is 4.83. The largest absolute Gasteiger partial charge is 0.311 e. The molecule has 0 bridgehead atoms. The van der Waals surface area contributed by atoms with Gasteiger partial charge in [-0.2, -0.15) is 0 Å². The zero-order chi connectivity index (χ0) is 14.4. The Kier molecular flexibility index (Phi) is 6.94. The molecule has 0 radical (unpaired) electrons. The van der Waals surface area contributed by atoms with Crippen LogP contribution < -0.4 is 5.32 Å². The number of rotatable bonds is 7. The van der Waals surface area contributed by atoms with E-state index < -0.39 is 11.6 Å². The van der Waals surface area contributed by atoms with E-state index in [0.29, 0.717) is 16.9 Å². The molecule has 0 aliphatic heterocycles. The molecule has 1 atom stereocenters. The summed E-state index contributed by atoms with van der Waals surface area (Å²) in [5.74, 6) is -0.945. The van der Waals surface area contributed by atoms with Crippen molar-refractivity contribution in [3.8, 4) is 0 Å². The molecule has 1 aromatic rings. The fourth-order valence-electron chi connectivity index (χ4n) is 2.17. The first-order valence-electron chi connectivity index (χ1n) is 6.84. The molecule has 0 aliphatic rings. The minimum absolute atomic E-state index is 0.109. The van der Waals surface area contributed by atoms with Gasteiger partial charge in [-0.25, -0.2) is 8.78 Å². The number of unbranched alkanes of at least 4 members (excludes halogenated alkanes) is 1. The summed E-state index contributed by atoms with van der Waals surface area (Å²) in [4.78, 5) is 0. The maximum atomic E-state index is 14.0. The fraction of sp³-hybridized carbons (Fsp3) is 0.600. The SMILES string of the molecule is CCCCC(Cc1c(F)ccc(Br)c1F)NC(C)C. The minimum atomic E-state index is -0.480. The number of hydrogen-bond acceptors (Lipinski definition) is 1. The molecule has 0 heterocycles. The lowest BCUT2D eigenvalue weighted by atomic mass is 9.99. The summed E-state index contributed by atoms with van der Waals surface area (Å²) in [6, 6.07) is 3.14. The van der Waals surface area contributed by atoms with E-state index in [2.05, 4.69) is 28.2 Å². The van der Waals surface area contributed by atoms with Crippen LogP contribution in [0.1, 0.15) is 45.6 Å². The molecule has 0 amide bonds. The number of benzene rings is 1. The van der Waals surface area contributed by atoms with Gasteiger partial charge in [0.2, 0.25) is 0 Å². The van der Waals surface area contributed by atoms with Crippen molar-refractivity contribution in [2.45, 2.75) is 58.5 Å². The first kappa shape index (κ1) is 16.6. The van der Waals surface area contributed by atoms with Gasteiger partial charge in [0.05, 0.1) is 4.47 Å². The predicted molar refractivity (Wildman–Crippen MR) is 79.3 cm³/mol. The molecule has 1 rings (SSSR count). The lowest BCUT2D eigenvalue weighted by Gasteiger charge is -2.22. The Morgan fingerprint density at radius 3 is 2.53 bits per heavy atom. The lowest BCUT2D eigenvalue weighted by molar-refractivity contribution is 0.411. The van der Waals surface area contributed by atoms with Crippen LogP contribution in [0.25, 0.3) is 0 Å². The molecule has 0 spiro atoms. The Morgan fingerprint density at radius 1 is 1.26 bits per heavy atom. The maximum Gasteiger partial charge on any atom is 0.143 e. The summed E-state index contributed by atoms with van der Waals surface area (Å²) in [7, 11) is 0. The molecule has 0 aliphatic carbocycles. The standard InChI is InChI=1S/C15H22BrF2N/c1-4-5-6-11(19-10(2)3)9-12-14(17)8-7-13(16)15(12)18/h7-8,10-11,19H,4-6,9H2,1-3H3. The maximum absolute atomic E-state index is 14.0. The summed E-state index contributed by atoms with van der Waals surface area (Å²) >= 11 is 3.11. The van der Waals surface area contributed by atoms with Crippen molar-refractivity contribution in [2.24, 2.45) is 0 Å². The van der Waals surface area contributed by atoms with Crippen LogP contribution in [0.5, 0.6) is 0 Å². The third-order valence-electron chi connectivity index (χ3n) is 3.06. The average molecular weight is 334 g/mol. The molecule has 0 fully saturated rings. The first-order chi connectivity index (χ1) is 8.95. The fourth-order valence-corrected chi connectivity index (χ4v) is 2.54. The number of hydrogen-bond donors (Lipinski definition) is 1. The van der Waals surface area contributed by atoms with Gasteiger partial charge in [0.1, 0.15) is 11.6 Å². The van der Waals surface area contributed by atoms with Gasteiger partial charge in [-0.3, -0.25) is 0 Å². The van der Waals surface area contributed by atoms with E-state index >= 15 is 0 Å². The van der Waals surface area contributed by atoms with Crippen molar-refractivity contribution in [3.63, 3.8) is 0 Å². The minimum Gasteiger partial charge on any atom is -0.311 e. The molecular weight excluding hydrogens is 312 g/mol. The molecule has 1 aromatic carbocycles. The molecule has 0 saturated carbocycles. The number of halogens is 3. The second kappa shape index (κ2) is 7.95. The Hall–Kier alpha value is -0.480. The Bertz CT molecular complexity index is 407. The first-order valence-corrected chi connectivity index (χ1v) is 7.63.